The topological polar surface area (TPSA) is 46.2 Å². The van der Waals surface area contributed by atoms with Crippen LogP contribution in [0, 0.1) is 6.92 Å². The molecule has 0 bridgehead atoms. The van der Waals surface area contributed by atoms with Crippen molar-refractivity contribution in [3.63, 3.8) is 0 Å². The quantitative estimate of drug-likeness (QED) is 0.669. The van der Waals surface area contributed by atoms with Crippen LogP contribution in [0.1, 0.15) is 32.3 Å². The maximum Gasteiger partial charge on any atom is 0.150 e. The number of benzene rings is 1. The summed E-state index contributed by atoms with van der Waals surface area (Å²) in [5, 5.41) is 3.45. The highest BCUT2D eigenvalue weighted by Crippen LogP contribution is 2.20. The summed E-state index contributed by atoms with van der Waals surface area (Å²) >= 11 is 1.83. The molecule has 5 heteroatoms. The Balaban J connectivity index is 2.40. The van der Waals surface area contributed by atoms with Crippen molar-refractivity contribution >= 4 is 21.6 Å². The fourth-order valence-corrected chi connectivity index (χ4v) is 3.96. The van der Waals surface area contributed by atoms with Crippen LogP contribution in [0.4, 0.5) is 0 Å². The fourth-order valence-electron chi connectivity index (χ4n) is 2.06. The van der Waals surface area contributed by atoms with Crippen LogP contribution < -0.4 is 5.32 Å². The molecule has 0 saturated carbocycles. The Morgan fingerprint density at radius 1 is 1.19 bits per heavy atom. The van der Waals surface area contributed by atoms with Gasteiger partial charge in [-0.3, -0.25) is 0 Å². The molecule has 0 amide bonds. The van der Waals surface area contributed by atoms with E-state index in [1.165, 1.54) is 10.5 Å². The fraction of sp³-hybridized carbons (Fsp3) is 0.625. The van der Waals surface area contributed by atoms with Crippen LogP contribution in [0.25, 0.3) is 0 Å². The van der Waals surface area contributed by atoms with E-state index in [0.717, 1.165) is 25.1 Å². The minimum atomic E-state index is -2.84. The van der Waals surface area contributed by atoms with Crippen molar-refractivity contribution in [1.29, 1.82) is 0 Å². The van der Waals surface area contributed by atoms with Gasteiger partial charge in [-0.15, -0.1) is 11.8 Å². The lowest BCUT2D eigenvalue weighted by molar-refractivity contribution is 0.527. The molecule has 3 nitrogen and oxygen atoms in total. The van der Waals surface area contributed by atoms with Gasteiger partial charge in [0.2, 0.25) is 0 Å². The van der Waals surface area contributed by atoms with E-state index in [2.05, 4.69) is 43.4 Å². The molecule has 21 heavy (non-hydrogen) atoms. The minimum absolute atomic E-state index is 0.247. The molecule has 1 N–H and O–H groups in total. The lowest BCUT2D eigenvalue weighted by Gasteiger charge is -2.17. The van der Waals surface area contributed by atoms with Gasteiger partial charge in [0.1, 0.15) is 9.84 Å². The first-order valence-electron chi connectivity index (χ1n) is 7.60. The molecule has 0 spiro atoms. The molecular weight excluding hydrogens is 302 g/mol. The Bertz CT molecular complexity index is 498. The summed E-state index contributed by atoms with van der Waals surface area (Å²) in [6.45, 7) is 6.81. The zero-order chi connectivity index (χ0) is 15.7. The van der Waals surface area contributed by atoms with Gasteiger partial charge < -0.3 is 5.32 Å². The molecule has 0 aliphatic carbocycles. The maximum absolute atomic E-state index is 11.5. The Morgan fingerprint density at radius 3 is 2.43 bits per heavy atom. The summed E-state index contributed by atoms with van der Waals surface area (Å²) in [5.41, 5.74) is 1.27. The van der Waals surface area contributed by atoms with Crippen LogP contribution in [-0.2, 0) is 9.84 Å². The molecule has 1 unspecified atom stereocenters. The largest absolute Gasteiger partial charge is 0.313 e. The van der Waals surface area contributed by atoms with E-state index in [0.29, 0.717) is 11.8 Å². The molecule has 1 rings (SSSR count). The predicted octanol–water partition coefficient (Wildman–Crippen LogP) is 3.28. The van der Waals surface area contributed by atoms with Crippen molar-refractivity contribution < 1.29 is 8.42 Å². The second kappa shape index (κ2) is 9.49. The third-order valence-electron chi connectivity index (χ3n) is 3.41. The Hall–Kier alpha value is -0.520. The molecular formula is C16H27NO2S2. The molecule has 0 aliphatic rings. The van der Waals surface area contributed by atoms with Crippen molar-refractivity contribution in [2.75, 3.05) is 23.8 Å². The van der Waals surface area contributed by atoms with E-state index < -0.39 is 9.84 Å². The first-order chi connectivity index (χ1) is 9.96. The molecule has 1 aromatic carbocycles. The number of thioether (sulfide) groups is 1. The van der Waals surface area contributed by atoms with Gasteiger partial charge in [-0.25, -0.2) is 8.42 Å². The van der Waals surface area contributed by atoms with Gasteiger partial charge in [0, 0.05) is 22.4 Å². The van der Waals surface area contributed by atoms with Gasteiger partial charge in [0.05, 0.1) is 5.75 Å². The summed E-state index contributed by atoms with van der Waals surface area (Å²) in [6.07, 6.45) is 1.65. The highest BCUT2D eigenvalue weighted by atomic mass is 32.2. The van der Waals surface area contributed by atoms with Gasteiger partial charge >= 0.3 is 0 Å². The van der Waals surface area contributed by atoms with Crippen molar-refractivity contribution in [3.05, 3.63) is 29.8 Å². The smallest absolute Gasteiger partial charge is 0.150 e. The molecule has 0 aliphatic heterocycles. The number of rotatable bonds is 10. The Kier molecular flexibility index (Phi) is 8.37. The van der Waals surface area contributed by atoms with E-state index in [4.69, 9.17) is 0 Å². The summed E-state index contributed by atoms with van der Waals surface area (Å²) in [4.78, 5) is 1.27. The molecule has 1 aromatic rings. The monoisotopic (exact) mass is 329 g/mol. The number of aryl methyl sites for hydroxylation is 1. The van der Waals surface area contributed by atoms with E-state index in [9.17, 15) is 8.42 Å². The average molecular weight is 330 g/mol. The highest BCUT2D eigenvalue weighted by molar-refractivity contribution is 7.99. The standard InChI is InChI=1S/C16H27NO2S2/c1-4-17-15(7-6-12-21(18,19)5-2)13-20-16-10-8-14(3)9-11-16/h8-11,15,17H,4-7,12-13H2,1-3H3. The summed E-state index contributed by atoms with van der Waals surface area (Å²) in [5.74, 6) is 1.53. The van der Waals surface area contributed by atoms with Crippen LogP contribution in [0.5, 0.6) is 0 Å². The number of nitrogens with one attached hydrogen (secondary N) is 1. The zero-order valence-corrected chi connectivity index (χ0v) is 14.9. The second-order valence-electron chi connectivity index (χ2n) is 5.26. The molecule has 120 valence electrons. The molecule has 1 atom stereocenters. The van der Waals surface area contributed by atoms with E-state index >= 15 is 0 Å². The van der Waals surface area contributed by atoms with E-state index in [1.54, 1.807) is 6.92 Å². The van der Waals surface area contributed by atoms with Crippen molar-refractivity contribution in [2.24, 2.45) is 0 Å². The lowest BCUT2D eigenvalue weighted by Crippen LogP contribution is -2.31. The van der Waals surface area contributed by atoms with Gasteiger partial charge in [0.25, 0.3) is 0 Å². The third kappa shape index (κ3) is 7.88. The molecule has 0 fully saturated rings. The number of hydrogen-bond donors (Lipinski definition) is 1. The van der Waals surface area contributed by atoms with Crippen LogP contribution in [0.15, 0.2) is 29.2 Å². The SMILES string of the molecule is CCNC(CCCS(=O)(=O)CC)CSc1ccc(C)cc1. The van der Waals surface area contributed by atoms with Crippen molar-refractivity contribution in [2.45, 2.75) is 44.6 Å². The minimum Gasteiger partial charge on any atom is -0.313 e. The molecule has 0 aromatic heterocycles. The van der Waals surface area contributed by atoms with Gasteiger partial charge in [0.15, 0.2) is 0 Å². The molecule has 0 radical (unpaired) electrons. The second-order valence-corrected chi connectivity index (χ2v) is 8.82. The maximum atomic E-state index is 11.5. The molecule has 0 saturated heterocycles. The summed E-state index contributed by atoms with van der Waals surface area (Å²) in [7, 11) is -2.84. The zero-order valence-electron chi connectivity index (χ0n) is 13.3. The van der Waals surface area contributed by atoms with Gasteiger partial charge in [-0.1, -0.05) is 31.5 Å². The number of hydrogen-bond acceptors (Lipinski definition) is 4. The van der Waals surface area contributed by atoms with Crippen molar-refractivity contribution in [1.82, 2.24) is 5.32 Å². The van der Waals surface area contributed by atoms with Gasteiger partial charge in [-0.2, -0.15) is 0 Å². The van der Waals surface area contributed by atoms with Crippen molar-refractivity contribution in [3.8, 4) is 0 Å². The van der Waals surface area contributed by atoms with Gasteiger partial charge in [-0.05, 0) is 38.4 Å². The predicted molar refractivity (Wildman–Crippen MR) is 92.9 cm³/mol. The Morgan fingerprint density at radius 2 is 1.86 bits per heavy atom. The lowest BCUT2D eigenvalue weighted by atomic mass is 10.2. The Labute approximate surface area is 133 Å². The van der Waals surface area contributed by atoms with Crippen LogP contribution in [0.2, 0.25) is 0 Å². The summed E-state index contributed by atoms with van der Waals surface area (Å²) in [6, 6.07) is 8.90. The molecule has 0 heterocycles. The van der Waals surface area contributed by atoms with Crippen LogP contribution in [-0.4, -0.2) is 38.3 Å². The number of sulfone groups is 1. The third-order valence-corrected chi connectivity index (χ3v) is 6.38. The van der Waals surface area contributed by atoms with Crippen LogP contribution in [0.3, 0.4) is 0 Å². The first kappa shape index (κ1) is 18.5. The normalized spacial score (nSPS) is 13.3. The van der Waals surface area contributed by atoms with Crippen LogP contribution >= 0.6 is 11.8 Å². The van der Waals surface area contributed by atoms with E-state index in [-0.39, 0.29) is 5.75 Å². The first-order valence-corrected chi connectivity index (χ1v) is 10.4. The highest BCUT2D eigenvalue weighted by Gasteiger charge is 2.12. The average Bonchev–Trinajstić information content (AvgIpc) is 2.46. The van der Waals surface area contributed by atoms with E-state index in [1.807, 2.05) is 11.8 Å². The summed E-state index contributed by atoms with van der Waals surface area (Å²) < 4.78 is 23.0.